The molecule has 1 N–H and O–H groups in total. The number of sulfonamides is 1. The maximum atomic E-state index is 13.1. The van der Waals surface area contributed by atoms with Gasteiger partial charge in [0.1, 0.15) is 0 Å². The molecule has 0 atom stereocenters. The molecule has 0 saturated carbocycles. The van der Waals surface area contributed by atoms with Crippen LogP contribution in [0, 0.1) is 26.2 Å². The topological polar surface area (TPSA) is 86.8 Å². The van der Waals surface area contributed by atoms with Crippen molar-refractivity contribution >= 4 is 49.5 Å². The van der Waals surface area contributed by atoms with Gasteiger partial charge in [-0.2, -0.15) is 4.31 Å². The van der Waals surface area contributed by atoms with Crippen molar-refractivity contribution < 1.29 is 18.0 Å². The van der Waals surface area contributed by atoms with E-state index < -0.39 is 15.4 Å². The minimum absolute atomic E-state index is 0.106. The van der Waals surface area contributed by atoms with Gasteiger partial charge in [0.2, 0.25) is 15.9 Å². The van der Waals surface area contributed by atoms with E-state index >= 15 is 0 Å². The maximum absolute atomic E-state index is 13.1. The third-order valence-electron chi connectivity index (χ3n) is 5.17. The summed E-state index contributed by atoms with van der Waals surface area (Å²) in [6, 6.07) is 3.53. The van der Waals surface area contributed by atoms with Crippen molar-refractivity contribution in [3.63, 3.8) is 0 Å². The maximum Gasteiger partial charge on any atom is 0.264 e. The van der Waals surface area contributed by atoms with Crippen LogP contribution in [0.2, 0.25) is 0 Å². The first-order valence-electron chi connectivity index (χ1n) is 10.1. The molecule has 7 nitrogen and oxygen atoms in total. The van der Waals surface area contributed by atoms with Crippen LogP contribution in [-0.4, -0.2) is 55.6 Å². The second-order valence-electron chi connectivity index (χ2n) is 8.80. The summed E-state index contributed by atoms with van der Waals surface area (Å²) < 4.78 is 27.5. The summed E-state index contributed by atoms with van der Waals surface area (Å²) in [5.74, 6) is -0.233. The molecular weight excluding hydrogens is 454 g/mol. The Labute approximate surface area is 192 Å². The third kappa shape index (κ3) is 5.02. The Morgan fingerprint density at radius 2 is 1.61 bits per heavy atom. The standard InChI is InChI=1S/C21H29N3O4S3/c1-13-11-17(22-20(26)21(4,5)6)30-18(13)19(25)23-7-9-24(10-8-23)31(27,28)16-12-14(2)29-15(16)3/h11-12H,7-10H2,1-6H3,(H,22,26). The molecule has 3 heterocycles. The lowest BCUT2D eigenvalue weighted by atomic mass is 9.96. The summed E-state index contributed by atoms with van der Waals surface area (Å²) in [5, 5.41) is 3.52. The van der Waals surface area contributed by atoms with Crippen LogP contribution in [0.4, 0.5) is 5.00 Å². The summed E-state index contributed by atoms with van der Waals surface area (Å²) in [6.07, 6.45) is 0. The number of amides is 2. The molecule has 10 heteroatoms. The molecule has 2 aromatic heterocycles. The fourth-order valence-electron chi connectivity index (χ4n) is 3.33. The summed E-state index contributed by atoms with van der Waals surface area (Å²) in [5.41, 5.74) is 0.280. The number of carbonyl (C=O) groups is 2. The van der Waals surface area contributed by atoms with Crippen molar-refractivity contribution in [2.24, 2.45) is 5.41 Å². The van der Waals surface area contributed by atoms with E-state index in [0.717, 1.165) is 15.3 Å². The van der Waals surface area contributed by atoms with Crippen LogP contribution in [0.3, 0.4) is 0 Å². The smallest absolute Gasteiger partial charge is 0.264 e. The van der Waals surface area contributed by atoms with Crippen LogP contribution < -0.4 is 5.32 Å². The number of carbonyl (C=O) groups excluding carboxylic acids is 2. The highest BCUT2D eigenvalue weighted by atomic mass is 32.2. The van der Waals surface area contributed by atoms with E-state index in [1.165, 1.54) is 27.0 Å². The predicted molar refractivity (Wildman–Crippen MR) is 126 cm³/mol. The first kappa shape index (κ1) is 23.9. The number of rotatable bonds is 4. The second kappa shape index (κ2) is 8.65. The zero-order valence-corrected chi connectivity index (χ0v) is 21.2. The Kier molecular flexibility index (Phi) is 6.67. The summed E-state index contributed by atoms with van der Waals surface area (Å²) in [6.45, 7) is 12.3. The number of anilines is 1. The second-order valence-corrected chi connectivity index (χ2v) is 13.2. The molecule has 1 fully saturated rings. The minimum Gasteiger partial charge on any atom is -0.335 e. The van der Waals surface area contributed by atoms with Crippen LogP contribution in [0.25, 0.3) is 0 Å². The molecule has 170 valence electrons. The Morgan fingerprint density at radius 1 is 1.00 bits per heavy atom. The van der Waals surface area contributed by atoms with Gasteiger partial charge in [-0.15, -0.1) is 22.7 Å². The monoisotopic (exact) mass is 483 g/mol. The Balaban J connectivity index is 1.68. The molecule has 0 aliphatic carbocycles. The molecule has 2 amide bonds. The Hall–Kier alpha value is -1.75. The molecule has 1 aliphatic heterocycles. The van der Waals surface area contributed by atoms with Gasteiger partial charge in [0.15, 0.2) is 0 Å². The molecule has 0 unspecified atom stereocenters. The Bertz CT molecular complexity index is 1100. The van der Waals surface area contributed by atoms with Crippen LogP contribution >= 0.6 is 22.7 Å². The number of hydrogen-bond donors (Lipinski definition) is 1. The van der Waals surface area contributed by atoms with Gasteiger partial charge >= 0.3 is 0 Å². The molecule has 1 saturated heterocycles. The molecule has 0 bridgehead atoms. The molecule has 0 radical (unpaired) electrons. The summed E-state index contributed by atoms with van der Waals surface area (Å²) in [4.78, 5) is 29.7. The fraction of sp³-hybridized carbons (Fsp3) is 0.524. The Morgan fingerprint density at radius 3 is 2.13 bits per heavy atom. The van der Waals surface area contributed by atoms with Gasteiger partial charge in [-0.1, -0.05) is 20.8 Å². The number of thiophene rings is 2. The lowest BCUT2D eigenvalue weighted by molar-refractivity contribution is -0.123. The van der Waals surface area contributed by atoms with Crippen molar-refractivity contribution in [2.45, 2.75) is 46.4 Å². The van der Waals surface area contributed by atoms with Gasteiger partial charge in [0.25, 0.3) is 5.91 Å². The normalized spacial score (nSPS) is 15.9. The van der Waals surface area contributed by atoms with E-state index in [4.69, 9.17) is 0 Å². The van der Waals surface area contributed by atoms with Gasteiger partial charge in [-0.05, 0) is 38.5 Å². The molecule has 31 heavy (non-hydrogen) atoms. The lowest BCUT2D eigenvalue weighted by Gasteiger charge is -2.33. The number of piperazine rings is 1. The van der Waals surface area contributed by atoms with E-state index in [2.05, 4.69) is 5.32 Å². The number of nitrogens with zero attached hydrogens (tertiary/aromatic N) is 2. The van der Waals surface area contributed by atoms with Gasteiger partial charge < -0.3 is 10.2 Å². The highest BCUT2D eigenvalue weighted by Gasteiger charge is 2.33. The highest BCUT2D eigenvalue weighted by molar-refractivity contribution is 7.89. The number of nitrogens with one attached hydrogen (secondary N) is 1. The van der Waals surface area contributed by atoms with E-state index in [1.807, 2.05) is 47.6 Å². The van der Waals surface area contributed by atoms with Crippen molar-refractivity contribution in [2.75, 3.05) is 31.5 Å². The van der Waals surface area contributed by atoms with Crippen molar-refractivity contribution in [1.82, 2.24) is 9.21 Å². The van der Waals surface area contributed by atoms with Gasteiger partial charge in [0.05, 0.1) is 14.8 Å². The fourth-order valence-corrected chi connectivity index (χ4v) is 7.31. The largest absolute Gasteiger partial charge is 0.335 e. The lowest BCUT2D eigenvalue weighted by Crippen LogP contribution is -2.50. The average Bonchev–Trinajstić information content (AvgIpc) is 3.21. The van der Waals surface area contributed by atoms with Crippen LogP contribution in [0.5, 0.6) is 0 Å². The SMILES string of the molecule is Cc1cc(S(=O)(=O)N2CCN(C(=O)c3sc(NC(=O)C(C)(C)C)cc3C)CC2)c(C)s1. The number of aryl methyl sites for hydroxylation is 3. The van der Waals surface area contributed by atoms with Crippen molar-refractivity contribution in [1.29, 1.82) is 0 Å². The van der Waals surface area contributed by atoms with Gasteiger partial charge in [-0.25, -0.2) is 8.42 Å². The zero-order valence-electron chi connectivity index (χ0n) is 18.7. The quantitative estimate of drug-likeness (QED) is 0.715. The van der Waals surface area contributed by atoms with Crippen LogP contribution in [0.1, 0.15) is 45.8 Å². The van der Waals surface area contributed by atoms with Crippen LogP contribution in [-0.2, 0) is 14.8 Å². The third-order valence-corrected chi connectivity index (χ3v) is 9.43. The van der Waals surface area contributed by atoms with E-state index in [0.29, 0.717) is 27.9 Å². The van der Waals surface area contributed by atoms with Crippen molar-refractivity contribution in [3.8, 4) is 0 Å². The zero-order chi connectivity index (χ0) is 23.1. The molecule has 1 aliphatic rings. The van der Waals surface area contributed by atoms with E-state index in [1.54, 1.807) is 11.0 Å². The van der Waals surface area contributed by atoms with Crippen LogP contribution in [0.15, 0.2) is 17.0 Å². The summed E-state index contributed by atoms with van der Waals surface area (Å²) in [7, 11) is -3.56. The highest BCUT2D eigenvalue weighted by Crippen LogP contribution is 2.31. The molecule has 2 aromatic rings. The first-order valence-corrected chi connectivity index (χ1v) is 13.2. The first-order chi connectivity index (χ1) is 14.3. The minimum atomic E-state index is -3.56. The predicted octanol–water partition coefficient (Wildman–Crippen LogP) is 3.87. The average molecular weight is 484 g/mol. The van der Waals surface area contributed by atoms with Gasteiger partial charge in [0, 0.05) is 41.3 Å². The molecular formula is C21H29N3O4S3. The number of hydrogen-bond acceptors (Lipinski definition) is 6. The molecule has 0 aromatic carbocycles. The van der Waals surface area contributed by atoms with E-state index in [9.17, 15) is 18.0 Å². The van der Waals surface area contributed by atoms with E-state index in [-0.39, 0.29) is 24.9 Å². The molecule has 3 rings (SSSR count). The summed E-state index contributed by atoms with van der Waals surface area (Å²) >= 11 is 2.73. The van der Waals surface area contributed by atoms with Crippen molar-refractivity contribution in [3.05, 3.63) is 32.3 Å². The van der Waals surface area contributed by atoms with Gasteiger partial charge in [-0.3, -0.25) is 9.59 Å². The molecule has 0 spiro atoms.